The van der Waals surface area contributed by atoms with Crippen molar-refractivity contribution < 1.29 is 24.0 Å². The van der Waals surface area contributed by atoms with E-state index in [1.54, 1.807) is 18.2 Å². The van der Waals surface area contributed by atoms with Crippen LogP contribution in [-0.4, -0.2) is 37.1 Å². The van der Waals surface area contributed by atoms with Gasteiger partial charge in [0.05, 0.1) is 13.1 Å². The smallest absolute Gasteiger partial charge is 0.534 e. The lowest BCUT2D eigenvalue weighted by molar-refractivity contribution is -0.121. The zero-order valence-corrected chi connectivity index (χ0v) is 12.8. The maximum absolute atomic E-state index is 11.8. The third-order valence-electron chi connectivity index (χ3n) is 3.63. The summed E-state index contributed by atoms with van der Waals surface area (Å²) in [5, 5.41) is 12.9. The highest BCUT2D eigenvalue weighted by Gasteiger charge is 2.37. The second-order valence-electron chi connectivity index (χ2n) is 5.28. The van der Waals surface area contributed by atoms with E-state index in [4.69, 9.17) is 9.39 Å². The van der Waals surface area contributed by atoms with E-state index in [2.05, 4.69) is 5.32 Å². The first kappa shape index (κ1) is 16.4. The molecule has 7 heteroatoms. The van der Waals surface area contributed by atoms with Crippen LogP contribution in [0.25, 0.3) is 0 Å². The summed E-state index contributed by atoms with van der Waals surface area (Å²) in [7, 11) is 0.0986. The molecule has 0 radical (unpaired) electrons. The molecular formula is C15H20BNO5. The summed E-state index contributed by atoms with van der Waals surface area (Å²) < 4.78 is 10.1. The number of nitrogens with one attached hydrogen (secondary N) is 1. The number of methoxy groups -OCH3 is 1. The van der Waals surface area contributed by atoms with Crippen molar-refractivity contribution in [2.24, 2.45) is 0 Å². The lowest BCUT2D eigenvalue weighted by Gasteiger charge is -2.29. The Bertz CT molecular complexity index is 563. The van der Waals surface area contributed by atoms with E-state index in [-0.39, 0.29) is 11.5 Å². The van der Waals surface area contributed by atoms with Crippen molar-refractivity contribution >= 4 is 19.0 Å². The van der Waals surface area contributed by atoms with Crippen molar-refractivity contribution in [3.8, 4) is 5.75 Å². The third kappa shape index (κ3) is 3.60. The second kappa shape index (κ2) is 7.31. The molecule has 1 heterocycles. The molecule has 0 spiro atoms. The van der Waals surface area contributed by atoms with Crippen LogP contribution >= 0.6 is 0 Å². The Labute approximate surface area is 129 Å². The molecule has 0 bridgehead atoms. The monoisotopic (exact) mass is 305 g/mol. The van der Waals surface area contributed by atoms with E-state index in [0.29, 0.717) is 18.6 Å². The third-order valence-corrected chi connectivity index (χ3v) is 3.63. The Hall–Kier alpha value is -2.02. The van der Waals surface area contributed by atoms with E-state index in [1.165, 1.54) is 7.11 Å². The normalized spacial score (nSPS) is 16.5. The summed E-state index contributed by atoms with van der Waals surface area (Å²) in [4.78, 5) is 23.5. The summed E-state index contributed by atoms with van der Waals surface area (Å²) in [5.74, 6) is -0.831. The van der Waals surface area contributed by atoms with E-state index in [1.807, 2.05) is 6.92 Å². The van der Waals surface area contributed by atoms with Crippen molar-refractivity contribution in [1.29, 1.82) is 0 Å². The number of benzene rings is 1. The Morgan fingerprint density at radius 1 is 1.50 bits per heavy atom. The van der Waals surface area contributed by atoms with Crippen LogP contribution in [0.4, 0.5) is 0 Å². The minimum atomic E-state index is -1.19. The van der Waals surface area contributed by atoms with Crippen molar-refractivity contribution in [2.45, 2.75) is 38.5 Å². The molecule has 0 aromatic heterocycles. The summed E-state index contributed by atoms with van der Waals surface area (Å²) in [6, 6.07) is 5.11. The first-order valence-corrected chi connectivity index (χ1v) is 7.41. The molecule has 0 aliphatic carbocycles. The van der Waals surface area contributed by atoms with E-state index in [9.17, 15) is 14.6 Å². The van der Waals surface area contributed by atoms with Gasteiger partial charge in [0.15, 0.2) is 0 Å². The standard InChI is InChI=1S/C15H20BNO5/c1-3-4-8-13(18)17-12-9-10-6-5-7-11(15(19)21-2)14(10)22-16(12)20/h5-7,12,20H,3-4,8-9H2,1-2H3,(H,17,18)/t12-/m0/s1. The maximum Gasteiger partial charge on any atom is 0.547 e. The molecule has 2 rings (SSSR count). The molecule has 1 aromatic rings. The number of hydrogen-bond acceptors (Lipinski definition) is 5. The predicted molar refractivity (Wildman–Crippen MR) is 81.5 cm³/mol. The van der Waals surface area contributed by atoms with Crippen LogP contribution in [0, 0.1) is 0 Å². The number of para-hydroxylation sites is 1. The van der Waals surface area contributed by atoms with Crippen LogP contribution in [0.5, 0.6) is 5.75 Å². The molecule has 0 saturated heterocycles. The number of esters is 1. The SMILES string of the molecule is CCCCC(=O)N[C@H]1Cc2cccc(C(=O)OC)c2OB1O. The minimum absolute atomic E-state index is 0.109. The Kier molecular flexibility index (Phi) is 5.43. The van der Waals surface area contributed by atoms with Crippen molar-refractivity contribution in [3.05, 3.63) is 29.3 Å². The van der Waals surface area contributed by atoms with Gasteiger partial charge in [-0.1, -0.05) is 25.5 Å². The zero-order chi connectivity index (χ0) is 16.1. The fourth-order valence-corrected chi connectivity index (χ4v) is 2.43. The lowest BCUT2D eigenvalue weighted by Crippen LogP contribution is -2.53. The maximum atomic E-state index is 11.8. The Morgan fingerprint density at radius 3 is 2.95 bits per heavy atom. The molecule has 1 aliphatic rings. The van der Waals surface area contributed by atoms with Gasteiger partial charge in [-0.2, -0.15) is 0 Å². The number of carbonyl (C=O) groups is 2. The highest BCUT2D eigenvalue weighted by molar-refractivity contribution is 6.47. The van der Waals surface area contributed by atoms with Gasteiger partial charge in [0.25, 0.3) is 0 Å². The zero-order valence-electron chi connectivity index (χ0n) is 12.8. The molecule has 1 aromatic carbocycles. The lowest BCUT2D eigenvalue weighted by atomic mass is 9.72. The van der Waals surface area contributed by atoms with Crippen LogP contribution in [0.1, 0.15) is 42.1 Å². The predicted octanol–water partition coefficient (Wildman–Crippen LogP) is 1.10. The molecular weight excluding hydrogens is 285 g/mol. The molecule has 1 aliphatic heterocycles. The van der Waals surface area contributed by atoms with Crippen LogP contribution in [0.2, 0.25) is 0 Å². The largest absolute Gasteiger partial charge is 0.547 e. The number of fused-ring (bicyclic) bond motifs is 1. The molecule has 6 nitrogen and oxygen atoms in total. The highest BCUT2D eigenvalue weighted by atomic mass is 16.5. The number of unbranched alkanes of at least 4 members (excludes halogenated alkanes) is 1. The van der Waals surface area contributed by atoms with Crippen LogP contribution in [0.15, 0.2) is 18.2 Å². The molecule has 0 saturated carbocycles. The van der Waals surface area contributed by atoms with Crippen LogP contribution in [0.3, 0.4) is 0 Å². The van der Waals surface area contributed by atoms with Gasteiger partial charge in [-0.3, -0.25) is 4.79 Å². The van der Waals surface area contributed by atoms with Crippen molar-refractivity contribution in [2.75, 3.05) is 7.11 Å². The topological polar surface area (TPSA) is 84.9 Å². The fraction of sp³-hybridized carbons (Fsp3) is 0.467. The van der Waals surface area contributed by atoms with Gasteiger partial charge in [-0.05, 0) is 24.5 Å². The second-order valence-corrected chi connectivity index (χ2v) is 5.28. The van der Waals surface area contributed by atoms with Gasteiger partial charge in [-0.15, -0.1) is 0 Å². The molecule has 1 amide bonds. The van der Waals surface area contributed by atoms with Crippen molar-refractivity contribution in [1.82, 2.24) is 5.32 Å². The Morgan fingerprint density at radius 2 is 2.27 bits per heavy atom. The fourth-order valence-electron chi connectivity index (χ4n) is 2.43. The number of carbonyl (C=O) groups excluding carboxylic acids is 2. The quantitative estimate of drug-likeness (QED) is 0.628. The minimum Gasteiger partial charge on any atom is -0.534 e. The van der Waals surface area contributed by atoms with Gasteiger partial charge >= 0.3 is 13.1 Å². The molecule has 22 heavy (non-hydrogen) atoms. The molecule has 0 fully saturated rings. The van der Waals surface area contributed by atoms with Gasteiger partial charge in [0.1, 0.15) is 11.3 Å². The first-order valence-electron chi connectivity index (χ1n) is 7.41. The van der Waals surface area contributed by atoms with Gasteiger partial charge < -0.3 is 19.7 Å². The van der Waals surface area contributed by atoms with E-state index in [0.717, 1.165) is 18.4 Å². The summed E-state index contributed by atoms with van der Waals surface area (Å²) in [6.45, 7) is 2.01. The van der Waals surface area contributed by atoms with Crippen molar-refractivity contribution in [3.63, 3.8) is 0 Å². The summed E-state index contributed by atoms with van der Waals surface area (Å²) in [5.41, 5.74) is 1.03. The van der Waals surface area contributed by atoms with E-state index >= 15 is 0 Å². The first-order chi connectivity index (χ1) is 10.6. The van der Waals surface area contributed by atoms with Gasteiger partial charge in [0.2, 0.25) is 5.91 Å². The number of amides is 1. The Balaban J connectivity index is 2.13. The average molecular weight is 305 g/mol. The number of ether oxygens (including phenoxy) is 1. The van der Waals surface area contributed by atoms with Crippen LogP contribution in [-0.2, 0) is 16.0 Å². The number of hydrogen-bond donors (Lipinski definition) is 2. The van der Waals surface area contributed by atoms with Crippen LogP contribution < -0.4 is 9.97 Å². The molecule has 1 atom stereocenters. The van der Waals surface area contributed by atoms with Gasteiger partial charge in [0, 0.05) is 6.42 Å². The molecule has 2 N–H and O–H groups in total. The summed E-state index contributed by atoms with van der Waals surface area (Å²) >= 11 is 0. The van der Waals surface area contributed by atoms with E-state index < -0.39 is 19.0 Å². The molecule has 118 valence electrons. The number of rotatable bonds is 5. The highest BCUT2D eigenvalue weighted by Crippen LogP contribution is 2.30. The molecule has 0 unspecified atom stereocenters. The average Bonchev–Trinajstić information content (AvgIpc) is 2.52. The summed E-state index contributed by atoms with van der Waals surface area (Å²) in [6.07, 6.45) is 2.56. The van der Waals surface area contributed by atoms with Gasteiger partial charge in [-0.25, -0.2) is 4.79 Å².